The van der Waals surface area contributed by atoms with Crippen LogP contribution in [0.5, 0.6) is 0 Å². The molecule has 1 rings (SSSR count). The van der Waals surface area contributed by atoms with Gasteiger partial charge in [-0.15, -0.1) is 0 Å². The van der Waals surface area contributed by atoms with E-state index < -0.39 is 18.0 Å². The van der Waals surface area contributed by atoms with Crippen LogP contribution in [0, 0.1) is 17.2 Å². The van der Waals surface area contributed by atoms with Gasteiger partial charge in [-0.2, -0.15) is 5.26 Å². The smallest absolute Gasteiger partial charge is 0.321 e. The van der Waals surface area contributed by atoms with Crippen molar-refractivity contribution in [1.82, 2.24) is 5.32 Å². The van der Waals surface area contributed by atoms with Gasteiger partial charge in [-0.1, -0.05) is 26.0 Å². The van der Waals surface area contributed by atoms with E-state index in [0.717, 1.165) is 0 Å². The van der Waals surface area contributed by atoms with Crippen molar-refractivity contribution >= 4 is 17.7 Å². The molecule has 0 saturated heterocycles. The van der Waals surface area contributed by atoms with Crippen LogP contribution >= 0.6 is 0 Å². The lowest BCUT2D eigenvalue weighted by Crippen LogP contribution is -2.46. The van der Waals surface area contributed by atoms with Crippen molar-refractivity contribution in [3.05, 3.63) is 29.8 Å². The van der Waals surface area contributed by atoms with Crippen molar-refractivity contribution in [1.29, 1.82) is 5.26 Å². The molecule has 2 N–H and O–H groups in total. The molecule has 0 fully saturated rings. The number of benzene rings is 1. The van der Waals surface area contributed by atoms with Crippen molar-refractivity contribution in [2.45, 2.75) is 26.3 Å². The van der Waals surface area contributed by atoms with Gasteiger partial charge in [0.2, 0.25) is 0 Å². The summed E-state index contributed by atoms with van der Waals surface area (Å²) in [4.78, 5) is 24.4. The highest BCUT2D eigenvalue weighted by Gasteiger charge is 2.22. The number of anilines is 1. The zero-order chi connectivity index (χ0) is 16.0. The Morgan fingerprint density at radius 3 is 2.52 bits per heavy atom. The first-order valence-electron chi connectivity index (χ1n) is 6.62. The van der Waals surface area contributed by atoms with E-state index in [1.807, 2.05) is 19.9 Å². The van der Waals surface area contributed by atoms with Crippen LogP contribution in [0.15, 0.2) is 24.3 Å². The second-order valence-electron chi connectivity index (χ2n) is 5.09. The summed E-state index contributed by atoms with van der Waals surface area (Å²) in [6, 6.07) is 7.86. The average molecular weight is 289 g/mol. The van der Waals surface area contributed by atoms with Crippen LogP contribution in [0.3, 0.4) is 0 Å². The molecule has 1 aromatic rings. The Labute approximate surface area is 124 Å². The number of carboxylic acid groups (broad SMARTS) is 1. The van der Waals surface area contributed by atoms with Crippen LogP contribution in [-0.4, -0.2) is 30.2 Å². The summed E-state index contributed by atoms with van der Waals surface area (Å²) in [6.07, 6.45) is -0.142. The molecule has 1 aromatic carbocycles. The molecular formula is C15H19N3O3. The Morgan fingerprint density at radius 2 is 2.00 bits per heavy atom. The van der Waals surface area contributed by atoms with Crippen molar-refractivity contribution in [3.63, 3.8) is 0 Å². The fraction of sp³-hybridized carbons (Fsp3) is 0.400. The molecule has 21 heavy (non-hydrogen) atoms. The van der Waals surface area contributed by atoms with Crippen LogP contribution in [0.1, 0.15) is 25.8 Å². The zero-order valence-electron chi connectivity index (χ0n) is 12.3. The predicted molar refractivity (Wildman–Crippen MR) is 79.0 cm³/mol. The van der Waals surface area contributed by atoms with Gasteiger partial charge in [-0.3, -0.25) is 9.69 Å². The predicted octanol–water partition coefficient (Wildman–Crippen LogP) is 2.20. The summed E-state index contributed by atoms with van der Waals surface area (Å²) in [5.41, 5.74) is 0.866. The summed E-state index contributed by atoms with van der Waals surface area (Å²) in [5, 5.41) is 20.6. The van der Waals surface area contributed by atoms with Crippen molar-refractivity contribution in [2.24, 2.45) is 5.92 Å². The highest BCUT2D eigenvalue weighted by atomic mass is 16.4. The number of rotatable bonds is 5. The van der Waals surface area contributed by atoms with E-state index >= 15 is 0 Å². The van der Waals surface area contributed by atoms with Crippen LogP contribution in [0.4, 0.5) is 10.5 Å². The first kappa shape index (κ1) is 16.5. The fourth-order valence-electron chi connectivity index (χ4n) is 1.87. The van der Waals surface area contributed by atoms with Gasteiger partial charge in [-0.25, -0.2) is 4.79 Å². The van der Waals surface area contributed by atoms with Crippen molar-refractivity contribution in [2.75, 3.05) is 11.9 Å². The molecule has 0 spiro atoms. The van der Waals surface area contributed by atoms with Crippen LogP contribution < -0.4 is 10.2 Å². The van der Waals surface area contributed by atoms with Gasteiger partial charge in [-0.05, 0) is 18.1 Å². The first-order valence-corrected chi connectivity index (χ1v) is 6.62. The highest BCUT2D eigenvalue weighted by molar-refractivity contribution is 5.93. The zero-order valence-corrected chi connectivity index (χ0v) is 12.3. The molecule has 0 aliphatic heterocycles. The third-order valence-corrected chi connectivity index (χ3v) is 3.20. The molecule has 1 atom stereocenters. The molecule has 0 aliphatic carbocycles. The third kappa shape index (κ3) is 4.49. The second kappa shape index (κ2) is 7.29. The van der Waals surface area contributed by atoms with E-state index in [9.17, 15) is 9.59 Å². The van der Waals surface area contributed by atoms with Gasteiger partial charge >= 0.3 is 12.0 Å². The lowest BCUT2D eigenvalue weighted by molar-refractivity contribution is -0.137. The van der Waals surface area contributed by atoms with E-state index in [4.69, 9.17) is 10.4 Å². The Kier molecular flexibility index (Phi) is 5.73. The number of carbonyl (C=O) groups excluding carboxylic acids is 1. The van der Waals surface area contributed by atoms with Gasteiger partial charge in [0, 0.05) is 13.1 Å². The topological polar surface area (TPSA) is 93.4 Å². The Balaban J connectivity index is 2.87. The lowest BCUT2D eigenvalue weighted by Gasteiger charge is -2.25. The number of nitriles is 1. The van der Waals surface area contributed by atoms with Gasteiger partial charge in [0.05, 0.1) is 17.7 Å². The monoisotopic (exact) mass is 289 g/mol. The minimum Gasteiger partial charge on any atom is -0.481 e. The molecule has 1 unspecified atom stereocenters. The van der Waals surface area contributed by atoms with Crippen molar-refractivity contribution < 1.29 is 14.7 Å². The van der Waals surface area contributed by atoms with E-state index in [2.05, 4.69) is 5.32 Å². The number of carboxylic acids is 1. The van der Waals surface area contributed by atoms with E-state index in [-0.39, 0.29) is 12.3 Å². The minimum atomic E-state index is -0.964. The molecule has 6 heteroatoms. The van der Waals surface area contributed by atoms with Gasteiger partial charge in [0.1, 0.15) is 6.07 Å². The summed E-state index contributed by atoms with van der Waals surface area (Å²) in [6.45, 7) is 3.69. The Hall–Kier alpha value is -2.55. The average Bonchev–Trinajstić information content (AvgIpc) is 2.45. The summed E-state index contributed by atoms with van der Waals surface area (Å²) >= 11 is 0. The molecule has 0 aliphatic rings. The van der Waals surface area contributed by atoms with Gasteiger partial charge < -0.3 is 10.4 Å². The largest absolute Gasteiger partial charge is 0.481 e. The summed E-state index contributed by atoms with van der Waals surface area (Å²) in [7, 11) is 1.55. The Bertz CT molecular complexity index is 564. The first-order chi connectivity index (χ1) is 9.86. The number of nitrogens with one attached hydrogen (secondary N) is 1. The summed E-state index contributed by atoms with van der Waals surface area (Å²) in [5.74, 6) is -0.973. The molecule has 0 radical (unpaired) electrons. The maximum atomic E-state index is 12.2. The number of amides is 2. The highest BCUT2D eigenvalue weighted by Crippen LogP contribution is 2.18. The molecular weight excluding hydrogens is 270 g/mol. The van der Waals surface area contributed by atoms with Crippen LogP contribution in [0.25, 0.3) is 0 Å². The van der Waals surface area contributed by atoms with Crippen molar-refractivity contribution in [3.8, 4) is 6.07 Å². The SMILES string of the molecule is CC(C)C(CC(=O)O)NC(=O)N(C)c1ccccc1C#N. The molecule has 0 bridgehead atoms. The number of hydrogen-bond acceptors (Lipinski definition) is 3. The lowest BCUT2D eigenvalue weighted by atomic mass is 10.0. The van der Waals surface area contributed by atoms with E-state index in [0.29, 0.717) is 11.3 Å². The number of carbonyl (C=O) groups is 2. The summed E-state index contributed by atoms with van der Waals surface area (Å²) < 4.78 is 0. The van der Waals surface area contributed by atoms with Gasteiger partial charge in [0.15, 0.2) is 0 Å². The molecule has 0 saturated carbocycles. The maximum absolute atomic E-state index is 12.2. The quantitative estimate of drug-likeness (QED) is 0.869. The second-order valence-corrected chi connectivity index (χ2v) is 5.09. The fourth-order valence-corrected chi connectivity index (χ4v) is 1.87. The van der Waals surface area contributed by atoms with Crippen LogP contribution in [0.2, 0.25) is 0 Å². The maximum Gasteiger partial charge on any atom is 0.321 e. The number of para-hydroxylation sites is 1. The Morgan fingerprint density at radius 1 is 1.38 bits per heavy atom. The number of nitrogens with zero attached hydrogens (tertiary/aromatic N) is 2. The van der Waals surface area contributed by atoms with E-state index in [1.54, 1.807) is 31.3 Å². The standard InChI is InChI=1S/C15H19N3O3/c1-10(2)12(8-14(19)20)17-15(21)18(3)13-7-5-4-6-11(13)9-16/h4-7,10,12H,8H2,1-3H3,(H,17,21)(H,19,20). The number of aliphatic carboxylic acids is 1. The third-order valence-electron chi connectivity index (χ3n) is 3.20. The minimum absolute atomic E-state index is 0.00957. The molecule has 112 valence electrons. The molecule has 0 heterocycles. The normalized spacial score (nSPS) is 11.6. The van der Waals surface area contributed by atoms with E-state index in [1.165, 1.54) is 4.90 Å². The number of hydrogen-bond donors (Lipinski definition) is 2. The molecule has 6 nitrogen and oxygen atoms in total. The number of urea groups is 1. The van der Waals surface area contributed by atoms with Crippen LogP contribution in [-0.2, 0) is 4.79 Å². The molecule has 2 amide bonds. The van der Waals surface area contributed by atoms with Gasteiger partial charge in [0.25, 0.3) is 0 Å². The molecule has 0 aromatic heterocycles.